The largest absolute Gasteiger partial charge is 0.508 e. The van der Waals surface area contributed by atoms with Crippen molar-refractivity contribution in [2.75, 3.05) is 32.8 Å². The van der Waals surface area contributed by atoms with E-state index in [2.05, 4.69) is 5.32 Å². The summed E-state index contributed by atoms with van der Waals surface area (Å²) in [5.41, 5.74) is 1.21. The smallest absolute Gasteiger partial charge is 0.251 e. The van der Waals surface area contributed by atoms with Crippen molar-refractivity contribution in [3.8, 4) is 5.75 Å². The number of carbonyl (C=O) groups excluding carboxylic acids is 2. The first-order valence-corrected chi connectivity index (χ1v) is 7.01. The molecule has 6 heteroatoms. The molecular formula is C15H20N2O4. The summed E-state index contributed by atoms with van der Waals surface area (Å²) in [6.07, 6.45) is 0.281. The van der Waals surface area contributed by atoms with E-state index in [0.717, 1.165) is 0 Å². The van der Waals surface area contributed by atoms with Crippen LogP contribution in [0.5, 0.6) is 5.75 Å². The Kier molecular flexibility index (Phi) is 5.16. The van der Waals surface area contributed by atoms with Gasteiger partial charge in [0, 0.05) is 31.6 Å². The van der Waals surface area contributed by atoms with Crippen LogP contribution in [-0.4, -0.2) is 54.7 Å². The third kappa shape index (κ3) is 4.19. The van der Waals surface area contributed by atoms with Crippen LogP contribution in [0.4, 0.5) is 0 Å². The van der Waals surface area contributed by atoms with E-state index in [0.29, 0.717) is 44.0 Å². The minimum Gasteiger partial charge on any atom is -0.508 e. The van der Waals surface area contributed by atoms with E-state index in [1.54, 1.807) is 17.9 Å². The highest BCUT2D eigenvalue weighted by molar-refractivity contribution is 5.96. The number of phenolic OH excluding ortho intramolecular Hbond substituents is 1. The average molecular weight is 292 g/mol. The van der Waals surface area contributed by atoms with Crippen LogP contribution < -0.4 is 5.32 Å². The minimum atomic E-state index is -0.234. The predicted octanol–water partition coefficient (Wildman–Crippen LogP) is 0.679. The highest BCUT2D eigenvalue weighted by Gasteiger charge is 2.17. The second kappa shape index (κ2) is 7.08. The molecule has 21 heavy (non-hydrogen) atoms. The van der Waals surface area contributed by atoms with Crippen molar-refractivity contribution < 1.29 is 19.4 Å². The van der Waals surface area contributed by atoms with Gasteiger partial charge in [-0.25, -0.2) is 0 Å². The van der Waals surface area contributed by atoms with Crippen LogP contribution in [0.15, 0.2) is 18.2 Å². The van der Waals surface area contributed by atoms with Gasteiger partial charge in [0.25, 0.3) is 5.91 Å². The van der Waals surface area contributed by atoms with Crippen molar-refractivity contribution in [1.29, 1.82) is 0 Å². The van der Waals surface area contributed by atoms with Crippen LogP contribution in [0.2, 0.25) is 0 Å². The molecule has 1 aromatic rings. The molecule has 2 rings (SSSR count). The number of benzene rings is 1. The number of nitrogens with zero attached hydrogens (tertiary/aromatic N) is 1. The van der Waals surface area contributed by atoms with E-state index < -0.39 is 0 Å². The number of carbonyl (C=O) groups is 2. The lowest BCUT2D eigenvalue weighted by molar-refractivity contribution is -0.135. The Labute approximate surface area is 123 Å². The molecule has 0 atom stereocenters. The lowest BCUT2D eigenvalue weighted by Crippen LogP contribution is -2.42. The normalized spacial score (nSPS) is 14.8. The van der Waals surface area contributed by atoms with Crippen LogP contribution in [-0.2, 0) is 9.53 Å². The van der Waals surface area contributed by atoms with Gasteiger partial charge in [-0.15, -0.1) is 0 Å². The summed E-state index contributed by atoms with van der Waals surface area (Å²) < 4.78 is 5.19. The fourth-order valence-corrected chi connectivity index (χ4v) is 2.25. The van der Waals surface area contributed by atoms with Crippen molar-refractivity contribution in [3.63, 3.8) is 0 Å². The maximum absolute atomic E-state index is 12.0. The molecule has 1 heterocycles. The van der Waals surface area contributed by atoms with Crippen molar-refractivity contribution in [2.45, 2.75) is 13.3 Å². The zero-order valence-electron chi connectivity index (χ0n) is 12.1. The Morgan fingerprint density at radius 3 is 2.71 bits per heavy atom. The van der Waals surface area contributed by atoms with Gasteiger partial charge in [0.05, 0.1) is 13.2 Å². The zero-order valence-corrected chi connectivity index (χ0v) is 12.1. The van der Waals surface area contributed by atoms with Gasteiger partial charge in [0.15, 0.2) is 0 Å². The van der Waals surface area contributed by atoms with Crippen LogP contribution in [0.25, 0.3) is 0 Å². The lowest BCUT2D eigenvalue weighted by atomic mass is 10.1. The Morgan fingerprint density at radius 2 is 2.05 bits per heavy atom. The highest BCUT2D eigenvalue weighted by Crippen LogP contribution is 2.15. The first kappa shape index (κ1) is 15.3. The number of ether oxygens (including phenoxy) is 1. The van der Waals surface area contributed by atoms with Crippen LogP contribution >= 0.6 is 0 Å². The fourth-order valence-electron chi connectivity index (χ4n) is 2.25. The third-order valence-electron chi connectivity index (χ3n) is 3.44. The first-order chi connectivity index (χ1) is 10.1. The molecule has 1 fully saturated rings. The molecule has 1 aromatic carbocycles. The number of hydrogen-bond donors (Lipinski definition) is 2. The van der Waals surface area contributed by atoms with Crippen molar-refractivity contribution >= 4 is 11.8 Å². The summed E-state index contributed by atoms with van der Waals surface area (Å²) in [7, 11) is 0. The Morgan fingerprint density at radius 1 is 1.33 bits per heavy atom. The molecule has 0 spiro atoms. The predicted molar refractivity (Wildman–Crippen MR) is 77.2 cm³/mol. The Balaban J connectivity index is 1.79. The molecule has 114 valence electrons. The van der Waals surface area contributed by atoms with Crippen molar-refractivity contribution in [3.05, 3.63) is 29.3 Å². The second-order valence-electron chi connectivity index (χ2n) is 5.00. The van der Waals surface area contributed by atoms with Crippen LogP contribution in [0.3, 0.4) is 0 Å². The SMILES string of the molecule is Cc1cc(O)ccc1C(=O)NCCC(=O)N1CCOCC1. The van der Waals surface area contributed by atoms with Crippen molar-refractivity contribution in [1.82, 2.24) is 10.2 Å². The molecule has 0 saturated carbocycles. The van der Waals surface area contributed by atoms with Gasteiger partial charge in [-0.05, 0) is 30.7 Å². The molecule has 1 aliphatic heterocycles. The average Bonchev–Trinajstić information content (AvgIpc) is 2.47. The monoisotopic (exact) mass is 292 g/mol. The van der Waals surface area contributed by atoms with E-state index in [-0.39, 0.29) is 24.0 Å². The molecular weight excluding hydrogens is 272 g/mol. The molecule has 0 unspecified atom stereocenters. The zero-order chi connectivity index (χ0) is 15.2. The van der Waals surface area contributed by atoms with Crippen molar-refractivity contribution in [2.24, 2.45) is 0 Å². The first-order valence-electron chi connectivity index (χ1n) is 7.01. The summed E-state index contributed by atoms with van der Waals surface area (Å²) in [6, 6.07) is 4.58. The molecule has 0 aromatic heterocycles. The van der Waals surface area contributed by atoms with E-state index in [1.807, 2.05) is 0 Å². The van der Waals surface area contributed by atoms with Gasteiger partial charge in [-0.1, -0.05) is 0 Å². The van der Waals surface area contributed by atoms with Gasteiger partial charge >= 0.3 is 0 Å². The van der Waals surface area contributed by atoms with Crippen LogP contribution in [0.1, 0.15) is 22.3 Å². The van der Waals surface area contributed by atoms with E-state index >= 15 is 0 Å². The number of phenols is 1. The van der Waals surface area contributed by atoms with E-state index in [9.17, 15) is 14.7 Å². The lowest BCUT2D eigenvalue weighted by Gasteiger charge is -2.26. The number of aryl methyl sites for hydroxylation is 1. The summed E-state index contributed by atoms with van der Waals surface area (Å²) in [5.74, 6) is -0.0742. The highest BCUT2D eigenvalue weighted by atomic mass is 16.5. The van der Waals surface area contributed by atoms with Crippen LogP contribution in [0, 0.1) is 6.92 Å². The van der Waals surface area contributed by atoms with Gasteiger partial charge in [-0.3, -0.25) is 9.59 Å². The van der Waals surface area contributed by atoms with Gasteiger partial charge in [0.2, 0.25) is 5.91 Å². The molecule has 0 radical (unpaired) electrons. The molecule has 0 aliphatic carbocycles. The minimum absolute atomic E-state index is 0.0287. The van der Waals surface area contributed by atoms with Gasteiger partial charge in [0.1, 0.15) is 5.75 Å². The quantitative estimate of drug-likeness (QED) is 0.855. The number of hydrogen-bond acceptors (Lipinski definition) is 4. The molecule has 6 nitrogen and oxygen atoms in total. The summed E-state index contributed by atoms with van der Waals surface area (Å²) in [6.45, 7) is 4.44. The summed E-state index contributed by atoms with van der Waals surface area (Å²) in [5, 5.41) is 12.1. The van der Waals surface area contributed by atoms with E-state index in [1.165, 1.54) is 12.1 Å². The standard InChI is InChI=1S/C15H20N2O4/c1-11-10-12(18)2-3-13(11)15(20)16-5-4-14(19)17-6-8-21-9-7-17/h2-3,10,18H,4-9H2,1H3,(H,16,20). The Bertz CT molecular complexity index is 524. The fraction of sp³-hybridized carbons (Fsp3) is 0.467. The number of amides is 2. The third-order valence-corrected chi connectivity index (χ3v) is 3.44. The van der Waals surface area contributed by atoms with Gasteiger partial charge < -0.3 is 20.1 Å². The summed E-state index contributed by atoms with van der Waals surface area (Å²) >= 11 is 0. The maximum Gasteiger partial charge on any atom is 0.251 e. The number of rotatable bonds is 4. The Hall–Kier alpha value is -2.08. The van der Waals surface area contributed by atoms with E-state index in [4.69, 9.17) is 4.74 Å². The van der Waals surface area contributed by atoms with Gasteiger partial charge in [-0.2, -0.15) is 0 Å². The molecule has 2 N–H and O–H groups in total. The topological polar surface area (TPSA) is 78.9 Å². The molecule has 2 amide bonds. The molecule has 1 saturated heterocycles. The number of aromatic hydroxyl groups is 1. The summed E-state index contributed by atoms with van der Waals surface area (Å²) in [4.78, 5) is 25.7. The molecule has 0 bridgehead atoms. The molecule has 1 aliphatic rings. The maximum atomic E-state index is 12.0. The number of morpholine rings is 1. The second-order valence-corrected chi connectivity index (χ2v) is 5.00. The number of nitrogens with one attached hydrogen (secondary N) is 1.